The number of aliphatic hydroxyl groups excluding tert-OH is 1. The highest BCUT2D eigenvalue weighted by Gasteiger charge is 2.36. The second-order valence-electron chi connectivity index (χ2n) is 10.5. The molecule has 0 aromatic heterocycles. The van der Waals surface area contributed by atoms with E-state index in [1.807, 2.05) is 52.8 Å². The smallest absolute Gasteiger partial charge is 0.408 e. The Morgan fingerprint density at radius 2 is 1.77 bits per heavy atom. The van der Waals surface area contributed by atoms with Crippen molar-refractivity contribution in [2.75, 3.05) is 19.7 Å². The lowest BCUT2D eigenvalue weighted by Gasteiger charge is -2.34. The Kier molecular flexibility index (Phi) is 12.2. The minimum absolute atomic E-state index is 0.0534. The van der Waals surface area contributed by atoms with E-state index in [-0.39, 0.29) is 25.0 Å². The Balaban J connectivity index is 3.42. The first-order valence-electron chi connectivity index (χ1n) is 12.6. The summed E-state index contributed by atoms with van der Waals surface area (Å²) in [6.45, 7) is 15.2. The summed E-state index contributed by atoms with van der Waals surface area (Å²) in [6, 6.07) is 3.80. The molecule has 1 aromatic rings. The lowest BCUT2D eigenvalue weighted by atomic mass is 9.97. The molecular formula is C27H45N3O5. The van der Waals surface area contributed by atoms with E-state index in [1.165, 1.54) is 4.90 Å². The molecule has 3 amide bonds. The number of amides is 3. The molecule has 198 valence electrons. The van der Waals surface area contributed by atoms with E-state index in [2.05, 4.69) is 10.6 Å². The molecular weight excluding hydrogens is 446 g/mol. The van der Waals surface area contributed by atoms with Crippen LogP contribution in [-0.4, -0.2) is 59.3 Å². The average Bonchev–Trinajstić information content (AvgIpc) is 2.73. The minimum Gasteiger partial charge on any atom is -0.444 e. The predicted octanol–water partition coefficient (Wildman–Crippen LogP) is 4.02. The molecule has 35 heavy (non-hydrogen) atoms. The first-order chi connectivity index (χ1) is 16.3. The third-order valence-electron chi connectivity index (χ3n) is 5.56. The van der Waals surface area contributed by atoms with Gasteiger partial charge in [-0.25, -0.2) is 4.79 Å². The Morgan fingerprint density at radius 3 is 2.29 bits per heavy atom. The third kappa shape index (κ3) is 10.3. The number of hydrogen-bond acceptors (Lipinski definition) is 5. The lowest BCUT2D eigenvalue weighted by molar-refractivity contribution is -0.143. The highest BCUT2D eigenvalue weighted by Crippen LogP contribution is 2.25. The van der Waals surface area contributed by atoms with Crippen LogP contribution in [0, 0.1) is 19.8 Å². The van der Waals surface area contributed by atoms with Gasteiger partial charge in [0.25, 0.3) is 0 Å². The van der Waals surface area contributed by atoms with Crippen LogP contribution in [0.25, 0.3) is 0 Å². The van der Waals surface area contributed by atoms with E-state index >= 15 is 0 Å². The van der Waals surface area contributed by atoms with Crippen molar-refractivity contribution in [1.29, 1.82) is 0 Å². The van der Waals surface area contributed by atoms with Gasteiger partial charge in [0, 0.05) is 13.1 Å². The maximum Gasteiger partial charge on any atom is 0.408 e. The predicted molar refractivity (Wildman–Crippen MR) is 138 cm³/mol. The van der Waals surface area contributed by atoms with Gasteiger partial charge in [-0.15, -0.1) is 0 Å². The van der Waals surface area contributed by atoms with Gasteiger partial charge in [0.2, 0.25) is 11.8 Å². The molecule has 0 radical (unpaired) electrons. The van der Waals surface area contributed by atoms with E-state index in [4.69, 9.17) is 4.74 Å². The number of nitrogens with zero attached hydrogens (tertiary/aromatic N) is 1. The molecule has 0 aliphatic carbocycles. The molecule has 1 rings (SSSR count). The van der Waals surface area contributed by atoms with Crippen molar-refractivity contribution >= 4 is 17.9 Å². The van der Waals surface area contributed by atoms with E-state index < -0.39 is 29.7 Å². The summed E-state index contributed by atoms with van der Waals surface area (Å²) in [7, 11) is 0. The number of aliphatic hydroxyl groups is 1. The van der Waals surface area contributed by atoms with Crippen LogP contribution in [0.4, 0.5) is 4.79 Å². The molecule has 3 N–H and O–H groups in total. The van der Waals surface area contributed by atoms with Crippen molar-refractivity contribution in [3.8, 4) is 0 Å². The van der Waals surface area contributed by atoms with Crippen LogP contribution in [0.1, 0.15) is 83.5 Å². The molecule has 0 saturated heterocycles. The van der Waals surface area contributed by atoms with Crippen LogP contribution in [0.2, 0.25) is 0 Å². The van der Waals surface area contributed by atoms with Crippen molar-refractivity contribution in [1.82, 2.24) is 15.5 Å². The SMILES string of the molecule is CCCCNC(=O)C(c1ccc(C)c(C)c1)N(CCO)C(=O)C(CC(C)C)NC(=O)OC(C)(C)C. The molecule has 0 bridgehead atoms. The number of rotatable bonds is 12. The van der Waals surface area contributed by atoms with Crippen LogP contribution in [-0.2, 0) is 14.3 Å². The number of carbonyl (C=O) groups is 3. The summed E-state index contributed by atoms with van der Waals surface area (Å²) in [5, 5.41) is 15.5. The molecule has 0 aliphatic rings. The average molecular weight is 492 g/mol. The summed E-state index contributed by atoms with van der Waals surface area (Å²) in [6.07, 6.45) is 1.40. The lowest BCUT2D eigenvalue weighted by Crippen LogP contribution is -2.54. The molecule has 8 heteroatoms. The Labute approximate surface area is 210 Å². The second kappa shape index (κ2) is 14.1. The van der Waals surface area contributed by atoms with Gasteiger partial charge < -0.3 is 25.4 Å². The number of alkyl carbamates (subject to hydrolysis) is 1. The molecule has 0 spiro atoms. The molecule has 0 aliphatic heterocycles. The zero-order valence-corrected chi connectivity index (χ0v) is 22.7. The largest absolute Gasteiger partial charge is 0.444 e. The maximum atomic E-state index is 13.8. The summed E-state index contributed by atoms with van der Waals surface area (Å²) in [4.78, 5) is 41.1. The first kappa shape index (κ1) is 30.4. The summed E-state index contributed by atoms with van der Waals surface area (Å²) >= 11 is 0. The second-order valence-corrected chi connectivity index (χ2v) is 10.5. The van der Waals surface area contributed by atoms with E-state index in [9.17, 15) is 19.5 Å². The van der Waals surface area contributed by atoms with Gasteiger partial charge >= 0.3 is 6.09 Å². The van der Waals surface area contributed by atoms with E-state index in [1.54, 1.807) is 20.8 Å². The number of nitrogens with one attached hydrogen (secondary N) is 2. The zero-order chi connectivity index (χ0) is 26.8. The number of benzene rings is 1. The van der Waals surface area contributed by atoms with E-state index in [0.717, 1.165) is 24.0 Å². The van der Waals surface area contributed by atoms with Crippen LogP contribution >= 0.6 is 0 Å². The Morgan fingerprint density at radius 1 is 1.11 bits per heavy atom. The number of hydrogen-bond donors (Lipinski definition) is 3. The van der Waals surface area contributed by atoms with Crippen LogP contribution < -0.4 is 10.6 Å². The zero-order valence-electron chi connectivity index (χ0n) is 22.7. The fourth-order valence-corrected chi connectivity index (χ4v) is 3.71. The number of carbonyl (C=O) groups excluding carboxylic acids is 3. The van der Waals surface area contributed by atoms with Crippen LogP contribution in [0.3, 0.4) is 0 Å². The normalized spacial score (nSPS) is 13.2. The Bertz CT molecular complexity index is 848. The summed E-state index contributed by atoms with van der Waals surface area (Å²) < 4.78 is 5.38. The summed E-state index contributed by atoms with van der Waals surface area (Å²) in [5.41, 5.74) is 2.00. The Hall–Kier alpha value is -2.61. The monoisotopic (exact) mass is 491 g/mol. The number of aryl methyl sites for hydroxylation is 2. The molecule has 8 nitrogen and oxygen atoms in total. The fourth-order valence-electron chi connectivity index (χ4n) is 3.71. The van der Waals surface area contributed by atoms with E-state index in [0.29, 0.717) is 18.5 Å². The molecule has 0 heterocycles. The molecule has 2 atom stereocenters. The van der Waals surface area contributed by atoms with Crippen molar-refractivity contribution < 1.29 is 24.2 Å². The minimum atomic E-state index is -0.944. The molecule has 2 unspecified atom stereocenters. The van der Waals surface area contributed by atoms with Crippen molar-refractivity contribution in [3.63, 3.8) is 0 Å². The van der Waals surface area contributed by atoms with Crippen LogP contribution in [0.15, 0.2) is 18.2 Å². The molecule has 0 saturated carbocycles. The van der Waals surface area contributed by atoms with Gasteiger partial charge in [-0.2, -0.15) is 0 Å². The quantitative estimate of drug-likeness (QED) is 0.383. The number of unbranched alkanes of at least 4 members (excludes halogenated alkanes) is 1. The topological polar surface area (TPSA) is 108 Å². The van der Waals surface area contributed by atoms with Crippen molar-refractivity contribution in [2.45, 2.75) is 92.3 Å². The first-order valence-corrected chi connectivity index (χ1v) is 12.6. The standard InChI is InChI=1S/C27H45N3O5/c1-9-10-13-28-24(32)23(21-12-11-19(4)20(5)17-21)30(14-15-31)25(33)22(16-18(2)3)29-26(34)35-27(6,7)8/h11-12,17-18,22-23,31H,9-10,13-16H2,1-8H3,(H,28,32)(H,29,34). The van der Waals surface area contributed by atoms with Gasteiger partial charge in [-0.1, -0.05) is 45.4 Å². The summed E-state index contributed by atoms with van der Waals surface area (Å²) in [5.74, 6) is -0.662. The fraction of sp³-hybridized carbons (Fsp3) is 0.667. The molecule has 0 fully saturated rings. The van der Waals surface area contributed by atoms with Crippen LogP contribution in [0.5, 0.6) is 0 Å². The van der Waals surface area contributed by atoms with Crippen molar-refractivity contribution in [3.05, 3.63) is 34.9 Å². The molecule has 1 aromatic carbocycles. The van der Waals surface area contributed by atoms with Crippen molar-refractivity contribution in [2.24, 2.45) is 5.92 Å². The van der Waals surface area contributed by atoms with Gasteiger partial charge in [0.05, 0.1) is 6.61 Å². The third-order valence-corrected chi connectivity index (χ3v) is 5.56. The van der Waals surface area contributed by atoms with Gasteiger partial charge in [-0.3, -0.25) is 9.59 Å². The maximum absolute atomic E-state index is 13.8. The van der Waals surface area contributed by atoms with Gasteiger partial charge in [-0.05, 0) is 70.1 Å². The van der Waals surface area contributed by atoms with Gasteiger partial charge in [0.15, 0.2) is 0 Å². The highest BCUT2D eigenvalue weighted by molar-refractivity contribution is 5.92. The number of ether oxygens (including phenoxy) is 1. The highest BCUT2D eigenvalue weighted by atomic mass is 16.6. The van der Waals surface area contributed by atoms with Gasteiger partial charge in [0.1, 0.15) is 17.7 Å².